The first-order chi connectivity index (χ1) is 15.0. The summed E-state index contributed by atoms with van der Waals surface area (Å²) in [5.41, 5.74) is 1.36. The number of halogens is 1. The number of aromatic hydroxyl groups is 1. The lowest BCUT2D eigenvalue weighted by atomic mass is 10.1. The van der Waals surface area contributed by atoms with Gasteiger partial charge in [0.2, 0.25) is 0 Å². The molecule has 0 bridgehead atoms. The third-order valence-electron chi connectivity index (χ3n) is 4.20. The van der Waals surface area contributed by atoms with Gasteiger partial charge in [0.25, 0.3) is 0 Å². The van der Waals surface area contributed by atoms with Gasteiger partial charge in [-0.05, 0) is 47.5 Å². The van der Waals surface area contributed by atoms with Crippen molar-refractivity contribution in [1.82, 2.24) is 0 Å². The Morgan fingerprint density at radius 1 is 0.903 bits per heavy atom. The number of allylic oxidation sites excluding steroid dienone is 2. The van der Waals surface area contributed by atoms with Crippen LogP contribution in [0.15, 0.2) is 48.6 Å². The Balaban J connectivity index is 1.94. The lowest BCUT2D eigenvalue weighted by Gasteiger charge is -2.10. The van der Waals surface area contributed by atoms with E-state index in [9.17, 15) is 19.1 Å². The third-order valence-corrected chi connectivity index (χ3v) is 4.20. The number of benzene rings is 2. The van der Waals surface area contributed by atoms with Gasteiger partial charge >= 0.3 is 0 Å². The summed E-state index contributed by atoms with van der Waals surface area (Å²) < 4.78 is 27.9. The van der Waals surface area contributed by atoms with Crippen LogP contribution in [-0.4, -0.2) is 44.2 Å². The van der Waals surface area contributed by atoms with Crippen molar-refractivity contribution in [3.8, 4) is 23.0 Å². The standard InChI is InChI=1S/C24H25FO6/c1-29-23-14-17(6-10-21(23)28)4-8-19(26)16-20(27)9-5-18-7-11-22(24(15-18)30-2)31-13-3-12-25/h4-11,14-15,28H,3,12-13,16H2,1-2H3/b8-4+,9-5+. The van der Waals surface area contributed by atoms with E-state index >= 15 is 0 Å². The number of carbonyl (C=O) groups is 2. The van der Waals surface area contributed by atoms with Crippen LogP contribution in [0.1, 0.15) is 24.0 Å². The summed E-state index contributed by atoms with van der Waals surface area (Å²) in [5.74, 6) is 0.559. The summed E-state index contributed by atoms with van der Waals surface area (Å²) in [6.07, 6.45) is 5.79. The van der Waals surface area contributed by atoms with Crippen molar-refractivity contribution in [2.45, 2.75) is 12.8 Å². The molecule has 0 radical (unpaired) electrons. The maximum absolute atomic E-state index is 12.2. The Morgan fingerprint density at radius 2 is 1.48 bits per heavy atom. The SMILES string of the molecule is COc1cc(/C=C/C(=O)CC(=O)/C=C/c2ccc(OCCCF)c(OC)c2)ccc1O. The van der Waals surface area contributed by atoms with Gasteiger partial charge in [0.05, 0.1) is 33.9 Å². The van der Waals surface area contributed by atoms with Crippen LogP contribution in [-0.2, 0) is 9.59 Å². The monoisotopic (exact) mass is 428 g/mol. The summed E-state index contributed by atoms with van der Waals surface area (Å²) in [6.45, 7) is -0.213. The molecule has 2 aromatic rings. The average molecular weight is 428 g/mol. The molecule has 0 fully saturated rings. The third kappa shape index (κ3) is 7.62. The Morgan fingerprint density at radius 3 is 2.06 bits per heavy atom. The topological polar surface area (TPSA) is 82.1 Å². The minimum Gasteiger partial charge on any atom is -0.504 e. The Bertz CT molecular complexity index is 965. The van der Waals surface area contributed by atoms with Crippen molar-refractivity contribution >= 4 is 23.7 Å². The van der Waals surface area contributed by atoms with Crippen LogP contribution in [0.5, 0.6) is 23.0 Å². The highest BCUT2D eigenvalue weighted by atomic mass is 19.1. The highest BCUT2D eigenvalue weighted by molar-refractivity contribution is 6.10. The number of phenols is 1. The molecule has 0 heterocycles. The van der Waals surface area contributed by atoms with Gasteiger partial charge in [-0.15, -0.1) is 0 Å². The number of ketones is 2. The molecule has 0 spiro atoms. The first-order valence-electron chi connectivity index (χ1n) is 9.62. The van der Waals surface area contributed by atoms with Gasteiger partial charge < -0.3 is 19.3 Å². The Hall–Kier alpha value is -3.61. The Labute approximate surface area is 180 Å². The van der Waals surface area contributed by atoms with Crippen LogP contribution in [0, 0.1) is 0 Å². The fourth-order valence-electron chi connectivity index (χ4n) is 2.61. The predicted molar refractivity (Wildman–Crippen MR) is 116 cm³/mol. The van der Waals surface area contributed by atoms with E-state index in [1.54, 1.807) is 42.5 Å². The zero-order chi connectivity index (χ0) is 22.6. The van der Waals surface area contributed by atoms with Crippen LogP contribution in [0.4, 0.5) is 4.39 Å². The summed E-state index contributed by atoms with van der Waals surface area (Å²) >= 11 is 0. The van der Waals surface area contributed by atoms with Gasteiger partial charge in [0.15, 0.2) is 34.6 Å². The smallest absolute Gasteiger partial charge is 0.163 e. The van der Waals surface area contributed by atoms with Gasteiger partial charge in [-0.1, -0.05) is 24.3 Å². The number of hydrogen-bond donors (Lipinski definition) is 1. The van der Waals surface area contributed by atoms with Crippen LogP contribution in [0.2, 0.25) is 0 Å². The van der Waals surface area contributed by atoms with E-state index in [2.05, 4.69) is 0 Å². The molecule has 0 aromatic heterocycles. The van der Waals surface area contributed by atoms with E-state index in [0.29, 0.717) is 34.8 Å². The van der Waals surface area contributed by atoms with Crippen LogP contribution in [0.3, 0.4) is 0 Å². The molecule has 2 aromatic carbocycles. The molecule has 0 saturated heterocycles. The molecule has 2 rings (SSSR count). The van der Waals surface area contributed by atoms with Gasteiger partial charge in [0.1, 0.15) is 0 Å². The van der Waals surface area contributed by atoms with Crippen molar-refractivity contribution < 1.29 is 33.3 Å². The molecule has 0 unspecified atom stereocenters. The van der Waals surface area contributed by atoms with E-state index in [1.807, 2.05) is 0 Å². The van der Waals surface area contributed by atoms with Gasteiger partial charge in [0, 0.05) is 6.42 Å². The molecule has 0 aliphatic carbocycles. The number of hydrogen-bond acceptors (Lipinski definition) is 6. The van der Waals surface area contributed by atoms with Crippen LogP contribution >= 0.6 is 0 Å². The second-order valence-electron chi connectivity index (χ2n) is 6.51. The molecule has 0 saturated carbocycles. The normalized spacial score (nSPS) is 11.1. The van der Waals surface area contributed by atoms with Crippen LogP contribution < -0.4 is 14.2 Å². The van der Waals surface area contributed by atoms with Crippen molar-refractivity contribution in [3.63, 3.8) is 0 Å². The summed E-state index contributed by atoms with van der Waals surface area (Å²) in [4.78, 5) is 24.1. The molecule has 0 aliphatic heterocycles. The Kier molecular flexibility index (Phi) is 9.29. The second-order valence-corrected chi connectivity index (χ2v) is 6.51. The molecule has 0 atom stereocenters. The number of ether oxygens (including phenoxy) is 3. The summed E-state index contributed by atoms with van der Waals surface area (Å²) in [7, 11) is 2.92. The van der Waals surface area contributed by atoms with Crippen molar-refractivity contribution in [2.75, 3.05) is 27.5 Å². The van der Waals surface area contributed by atoms with Gasteiger partial charge in [-0.25, -0.2) is 0 Å². The number of carbonyl (C=O) groups excluding carboxylic acids is 2. The molecule has 7 heteroatoms. The zero-order valence-corrected chi connectivity index (χ0v) is 17.5. The maximum Gasteiger partial charge on any atom is 0.163 e. The fraction of sp³-hybridized carbons (Fsp3) is 0.250. The largest absolute Gasteiger partial charge is 0.504 e. The molecular weight excluding hydrogens is 403 g/mol. The van der Waals surface area contributed by atoms with E-state index in [1.165, 1.54) is 32.4 Å². The number of rotatable bonds is 12. The van der Waals surface area contributed by atoms with Crippen LogP contribution in [0.25, 0.3) is 12.2 Å². The quantitative estimate of drug-likeness (QED) is 0.307. The van der Waals surface area contributed by atoms with Crippen molar-refractivity contribution in [3.05, 3.63) is 59.7 Å². The molecule has 1 N–H and O–H groups in total. The predicted octanol–water partition coefficient (Wildman–Crippen LogP) is 4.40. The van der Waals surface area contributed by atoms with Gasteiger partial charge in [-0.3, -0.25) is 14.0 Å². The molecule has 164 valence electrons. The minimum absolute atomic E-state index is 0.00211. The highest BCUT2D eigenvalue weighted by Crippen LogP contribution is 2.29. The lowest BCUT2D eigenvalue weighted by molar-refractivity contribution is -0.121. The number of phenolic OH excluding ortho intramolecular Hbond substituents is 1. The van der Waals surface area contributed by atoms with E-state index in [0.717, 1.165) is 0 Å². The maximum atomic E-state index is 12.2. The fourth-order valence-corrected chi connectivity index (χ4v) is 2.61. The highest BCUT2D eigenvalue weighted by Gasteiger charge is 2.07. The van der Waals surface area contributed by atoms with E-state index < -0.39 is 6.67 Å². The first-order valence-corrected chi connectivity index (χ1v) is 9.62. The lowest BCUT2D eigenvalue weighted by Crippen LogP contribution is -2.02. The molecular formula is C24H25FO6. The first kappa shape index (κ1) is 23.7. The second kappa shape index (κ2) is 12.2. The molecule has 6 nitrogen and oxygen atoms in total. The average Bonchev–Trinajstić information content (AvgIpc) is 2.77. The zero-order valence-electron chi connectivity index (χ0n) is 17.5. The number of methoxy groups -OCH3 is 2. The van der Waals surface area contributed by atoms with E-state index in [-0.39, 0.29) is 30.3 Å². The minimum atomic E-state index is -0.456. The summed E-state index contributed by atoms with van der Waals surface area (Å²) in [6, 6.07) is 9.77. The molecule has 0 amide bonds. The number of alkyl halides is 1. The van der Waals surface area contributed by atoms with Crippen molar-refractivity contribution in [1.29, 1.82) is 0 Å². The van der Waals surface area contributed by atoms with E-state index in [4.69, 9.17) is 14.2 Å². The molecule has 0 aliphatic rings. The van der Waals surface area contributed by atoms with Gasteiger partial charge in [-0.2, -0.15) is 0 Å². The molecule has 31 heavy (non-hydrogen) atoms. The summed E-state index contributed by atoms with van der Waals surface area (Å²) in [5, 5.41) is 9.58. The van der Waals surface area contributed by atoms with Crippen molar-refractivity contribution in [2.24, 2.45) is 0 Å².